The highest BCUT2D eigenvalue weighted by Gasteiger charge is 2.29. The molecule has 2 rings (SSSR count). The average molecular weight is 677 g/mol. The first-order valence-electron chi connectivity index (χ1n) is 16.5. The molecular weight excluding hydrogens is 613 g/mol. The highest BCUT2D eigenvalue weighted by Crippen LogP contribution is 2.49. The number of thioether (sulfide) groups is 2. The summed E-state index contributed by atoms with van der Waals surface area (Å²) < 4.78 is 5.56. The highest BCUT2D eigenvalue weighted by molar-refractivity contribution is 8.18. The molecule has 0 atom stereocenters. The summed E-state index contributed by atoms with van der Waals surface area (Å²) in [6.07, 6.45) is 0.265. The molecule has 0 aliphatic rings. The van der Waals surface area contributed by atoms with Crippen LogP contribution in [-0.2, 0) is 20.4 Å². The number of ether oxygens (including phenoxy) is 1. The Hall–Kier alpha value is -2.12. The minimum Gasteiger partial charge on any atom is -0.507 e. The van der Waals surface area contributed by atoms with Crippen LogP contribution in [0.1, 0.15) is 158 Å². The van der Waals surface area contributed by atoms with Crippen molar-refractivity contribution in [2.45, 2.75) is 168 Å². The van der Waals surface area contributed by atoms with Crippen LogP contribution >= 0.6 is 23.5 Å². The van der Waals surface area contributed by atoms with Gasteiger partial charge in [-0.1, -0.05) is 96.9 Å². The van der Waals surface area contributed by atoms with E-state index in [1.54, 1.807) is 23.5 Å². The Bertz CT molecular complexity index is 1280. The molecule has 2 aromatic rings. The van der Waals surface area contributed by atoms with Crippen LogP contribution in [0, 0.1) is 12.3 Å². The number of rotatable bonds is 10. The van der Waals surface area contributed by atoms with Gasteiger partial charge in [-0.05, 0) is 84.7 Å². The largest absolute Gasteiger partial charge is 0.507 e. The van der Waals surface area contributed by atoms with E-state index in [2.05, 4.69) is 121 Å². The molecule has 46 heavy (non-hydrogen) atoms. The number of aromatic hydroxyl groups is 1. The number of hydrogen-bond acceptors (Lipinski definition) is 6. The Kier molecular flexibility index (Phi) is 17.0. The second-order valence-corrected chi connectivity index (χ2v) is 19.7. The number of phenolic OH excluding ortho intramolecular Hbond substituents is 1. The molecule has 7 heteroatoms. The zero-order chi connectivity index (χ0) is 36.4. The van der Waals surface area contributed by atoms with Crippen LogP contribution in [0.3, 0.4) is 0 Å². The van der Waals surface area contributed by atoms with Gasteiger partial charge in [-0.15, -0.1) is 23.5 Å². The Morgan fingerprint density at radius 3 is 1.61 bits per heavy atom. The molecule has 0 radical (unpaired) electrons. The van der Waals surface area contributed by atoms with Crippen LogP contribution in [0.25, 0.3) is 0 Å². The Morgan fingerprint density at radius 1 is 0.761 bits per heavy atom. The van der Waals surface area contributed by atoms with E-state index in [0.29, 0.717) is 16.9 Å². The highest BCUT2D eigenvalue weighted by atomic mass is 32.2. The molecule has 2 N–H and O–H groups in total. The number of aryl methyl sites for hydroxylation is 1. The second-order valence-electron chi connectivity index (χ2n) is 16.0. The third-order valence-corrected chi connectivity index (χ3v) is 8.74. The molecule has 262 valence electrons. The van der Waals surface area contributed by atoms with Crippen molar-refractivity contribution in [2.75, 3.05) is 0 Å². The standard InChI is InChI=1S/C32H46O5S2.C5H12.C2H6/c1-19(2)23-16-22(17-24(28(23)36)30(4,5)6)39-32(10,11)38-21-15-20(3)29(25(18-21)31(7,8)9)37-27(35)14-12-13-26(33)34;1-5(2,3)4;1-2/h15-19,36H,12-14H2,1-11H3,(H,33,34);1-4H3;1-2H3. The molecule has 0 saturated carbocycles. The maximum atomic E-state index is 12.5. The summed E-state index contributed by atoms with van der Waals surface area (Å²) in [5.41, 5.74) is 3.79. The van der Waals surface area contributed by atoms with Crippen LogP contribution in [0.15, 0.2) is 34.1 Å². The third kappa shape index (κ3) is 16.1. The number of carbonyl (C=O) groups is 2. The van der Waals surface area contributed by atoms with Crippen LogP contribution in [0.2, 0.25) is 0 Å². The minimum atomic E-state index is -0.918. The van der Waals surface area contributed by atoms with Crippen molar-refractivity contribution < 1.29 is 24.5 Å². The van der Waals surface area contributed by atoms with E-state index in [-0.39, 0.29) is 40.1 Å². The molecule has 0 bridgehead atoms. The van der Waals surface area contributed by atoms with Crippen LogP contribution in [-0.4, -0.2) is 26.2 Å². The van der Waals surface area contributed by atoms with Gasteiger partial charge in [-0.25, -0.2) is 0 Å². The van der Waals surface area contributed by atoms with Gasteiger partial charge < -0.3 is 14.9 Å². The number of carboxylic acids is 1. The quantitative estimate of drug-likeness (QED) is 0.112. The Morgan fingerprint density at radius 2 is 1.20 bits per heavy atom. The zero-order valence-electron chi connectivity index (χ0n) is 31.9. The van der Waals surface area contributed by atoms with E-state index >= 15 is 0 Å². The molecule has 5 nitrogen and oxygen atoms in total. The number of aliphatic carboxylic acids is 1. The molecular formula is C39H64O5S2. The van der Waals surface area contributed by atoms with Gasteiger partial charge in [0.15, 0.2) is 0 Å². The number of phenols is 1. The van der Waals surface area contributed by atoms with E-state index in [1.165, 1.54) is 0 Å². The maximum absolute atomic E-state index is 12.5. The maximum Gasteiger partial charge on any atom is 0.311 e. The van der Waals surface area contributed by atoms with Gasteiger partial charge in [-0.2, -0.15) is 0 Å². The van der Waals surface area contributed by atoms with Crippen molar-refractivity contribution in [3.05, 3.63) is 46.5 Å². The number of carboxylic acid groups (broad SMARTS) is 1. The summed E-state index contributed by atoms with van der Waals surface area (Å²) in [6, 6.07) is 8.39. The number of carbonyl (C=O) groups excluding carboxylic acids is 1. The van der Waals surface area contributed by atoms with E-state index in [4.69, 9.17) is 9.84 Å². The van der Waals surface area contributed by atoms with Gasteiger partial charge in [0.1, 0.15) is 11.5 Å². The molecule has 0 heterocycles. The normalized spacial score (nSPS) is 12.1. The second kappa shape index (κ2) is 17.9. The first kappa shape index (κ1) is 43.9. The summed E-state index contributed by atoms with van der Waals surface area (Å²) in [4.78, 5) is 25.5. The zero-order valence-corrected chi connectivity index (χ0v) is 33.6. The summed E-state index contributed by atoms with van der Waals surface area (Å²) >= 11 is 3.53. The van der Waals surface area contributed by atoms with E-state index in [9.17, 15) is 14.7 Å². The molecule has 0 fully saturated rings. The lowest BCUT2D eigenvalue weighted by Crippen LogP contribution is -2.18. The molecule has 0 aliphatic carbocycles. The molecule has 0 saturated heterocycles. The fourth-order valence-electron chi connectivity index (χ4n) is 4.33. The first-order valence-corrected chi connectivity index (χ1v) is 18.2. The predicted molar refractivity (Wildman–Crippen MR) is 200 cm³/mol. The Balaban J connectivity index is 0.00000263. The van der Waals surface area contributed by atoms with Crippen molar-refractivity contribution in [1.29, 1.82) is 0 Å². The summed E-state index contributed by atoms with van der Waals surface area (Å²) in [7, 11) is 0. The van der Waals surface area contributed by atoms with Gasteiger partial charge in [0.05, 0.1) is 4.08 Å². The lowest BCUT2D eigenvalue weighted by Gasteiger charge is -2.29. The van der Waals surface area contributed by atoms with Gasteiger partial charge in [0, 0.05) is 33.8 Å². The van der Waals surface area contributed by atoms with Crippen molar-refractivity contribution in [3.8, 4) is 11.5 Å². The van der Waals surface area contributed by atoms with Gasteiger partial charge in [0.25, 0.3) is 0 Å². The number of hydrogen-bond donors (Lipinski definition) is 2. The molecule has 0 amide bonds. The van der Waals surface area contributed by atoms with Crippen LogP contribution in [0.4, 0.5) is 0 Å². The summed E-state index contributed by atoms with van der Waals surface area (Å²) in [6.45, 7) is 36.0. The topological polar surface area (TPSA) is 83.8 Å². The van der Waals surface area contributed by atoms with E-state index < -0.39 is 11.9 Å². The monoisotopic (exact) mass is 676 g/mol. The molecule has 0 unspecified atom stereocenters. The van der Waals surface area contributed by atoms with E-state index in [1.807, 2.05) is 20.8 Å². The summed E-state index contributed by atoms with van der Waals surface area (Å²) in [5.74, 6) is -0.167. The van der Waals surface area contributed by atoms with Gasteiger partial charge in [-0.3, -0.25) is 9.59 Å². The van der Waals surface area contributed by atoms with Gasteiger partial charge >= 0.3 is 11.9 Å². The average Bonchev–Trinajstić information content (AvgIpc) is 2.84. The molecule has 2 aromatic carbocycles. The number of esters is 1. The smallest absolute Gasteiger partial charge is 0.311 e. The Labute approximate surface area is 290 Å². The fourth-order valence-corrected chi connectivity index (χ4v) is 6.98. The van der Waals surface area contributed by atoms with Crippen molar-refractivity contribution in [3.63, 3.8) is 0 Å². The van der Waals surface area contributed by atoms with Crippen molar-refractivity contribution in [1.82, 2.24) is 0 Å². The first-order chi connectivity index (χ1) is 20.7. The predicted octanol–water partition coefficient (Wildman–Crippen LogP) is 12.3. The van der Waals surface area contributed by atoms with Crippen molar-refractivity contribution >= 4 is 35.5 Å². The lowest BCUT2D eigenvalue weighted by atomic mass is 9.84. The summed E-state index contributed by atoms with van der Waals surface area (Å²) in [5, 5.41) is 19.8. The van der Waals surface area contributed by atoms with Gasteiger partial charge in [0.2, 0.25) is 0 Å². The van der Waals surface area contributed by atoms with E-state index in [0.717, 1.165) is 32.0 Å². The fraction of sp³-hybridized carbons (Fsp3) is 0.641. The van der Waals surface area contributed by atoms with Crippen LogP contribution < -0.4 is 4.74 Å². The molecule has 0 aromatic heterocycles. The third-order valence-electron chi connectivity index (χ3n) is 6.31. The lowest BCUT2D eigenvalue weighted by molar-refractivity contribution is -0.137. The van der Waals surface area contributed by atoms with Crippen LogP contribution in [0.5, 0.6) is 11.5 Å². The van der Waals surface area contributed by atoms with Crippen molar-refractivity contribution in [2.24, 2.45) is 5.41 Å². The minimum absolute atomic E-state index is 0.0561. The number of benzene rings is 2. The molecule has 0 spiro atoms. The molecule has 0 aliphatic heterocycles. The SMILES string of the molecule is CC.CC(C)(C)C.Cc1cc(SC(C)(C)Sc2cc(C(C)C)c(O)c(C(C)(C)C)c2)cc(C(C)(C)C)c1OC(=O)CCCC(=O)O.